The van der Waals surface area contributed by atoms with Crippen LogP contribution in [0.3, 0.4) is 0 Å². The highest BCUT2D eigenvalue weighted by Gasteiger charge is 2.38. The van der Waals surface area contributed by atoms with Crippen molar-refractivity contribution in [3.63, 3.8) is 0 Å². The van der Waals surface area contributed by atoms with E-state index in [1.807, 2.05) is 36.0 Å². The van der Waals surface area contributed by atoms with Crippen molar-refractivity contribution in [1.29, 1.82) is 0 Å². The van der Waals surface area contributed by atoms with E-state index >= 15 is 0 Å². The van der Waals surface area contributed by atoms with Crippen LogP contribution in [-0.2, 0) is 4.79 Å². The Hall–Kier alpha value is -1.49. The zero-order chi connectivity index (χ0) is 14.0. The van der Waals surface area contributed by atoms with E-state index < -0.39 is 0 Å². The van der Waals surface area contributed by atoms with Crippen molar-refractivity contribution in [1.82, 2.24) is 0 Å². The first-order valence-electron chi connectivity index (χ1n) is 7.03. The first kappa shape index (κ1) is 13.5. The molecular weight excluding hydrogens is 270 g/mol. The lowest BCUT2D eigenvalue weighted by Crippen LogP contribution is -2.21. The number of aliphatic imine (C=N–C) groups is 1. The molecular formula is C15H19N3OS. The molecule has 1 aromatic carbocycles. The number of rotatable bonds is 2. The molecule has 1 spiro atoms. The average molecular weight is 289 g/mol. The normalized spacial score (nSPS) is 19.9. The standard InChI is InChI=1S/C15H19N3OS/c1-11(19)16-12-4-6-13(7-5-12)17-14-18-15(10-20-14)8-2-3-9-15/h4-7H,2-3,8-10H2,1H3,(H,16,19)(H,17,18). The van der Waals surface area contributed by atoms with Gasteiger partial charge in [0.2, 0.25) is 5.91 Å². The summed E-state index contributed by atoms with van der Waals surface area (Å²) in [5.74, 6) is 1.06. The summed E-state index contributed by atoms with van der Waals surface area (Å²) in [5.41, 5.74) is 2.04. The predicted octanol–water partition coefficient (Wildman–Crippen LogP) is 3.47. The quantitative estimate of drug-likeness (QED) is 0.876. The topological polar surface area (TPSA) is 53.5 Å². The molecule has 2 N–H and O–H groups in total. The van der Waals surface area contributed by atoms with Gasteiger partial charge in [0.25, 0.3) is 0 Å². The summed E-state index contributed by atoms with van der Waals surface area (Å²) in [6, 6.07) is 7.73. The first-order valence-corrected chi connectivity index (χ1v) is 8.01. The molecule has 1 fully saturated rings. The summed E-state index contributed by atoms with van der Waals surface area (Å²) in [5, 5.41) is 7.16. The highest BCUT2D eigenvalue weighted by molar-refractivity contribution is 8.14. The summed E-state index contributed by atoms with van der Waals surface area (Å²) in [4.78, 5) is 15.9. The number of nitrogens with zero attached hydrogens (tertiary/aromatic N) is 1. The largest absolute Gasteiger partial charge is 0.335 e. The van der Waals surface area contributed by atoms with Crippen LogP contribution in [0.25, 0.3) is 0 Å². The number of amidine groups is 1. The van der Waals surface area contributed by atoms with Gasteiger partial charge in [0.1, 0.15) is 0 Å². The molecule has 0 radical (unpaired) electrons. The van der Waals surface area contributed by atoms with E-state index in [1.165, 1.54) is 32.6 Å². The Balaban J connectivity index is 1.65. The van der Waals surface area contributed by atoms with Gasteiger partial charge >= 0.3 is 0 Å². The lowest BCUT2D eigenvalue weighted by atomic mass is 10.0. The van der Waals surface area contributed by atoms with Gasteiger partial charge in [-0.05, 0) is 37.1 Å². The van der Waals surface area contributed by atoms with Crippen molar-refractivity contribution in [2.24, 2.45) is 4.99 Å². The molecule has 0 unspecified atom stereocenters. The van der Waals surface area contributed by atoms with Gasteiger partial charge in [-0.2, -0.15) is 0 Å². The van der Waals surface area contributed by atoms with E-state index in [-0.39, 0.29) is 11.4 Å². The summed E-state index contributed by atoms with van der Waals surface area (Å²) >= 11 is 1.82. The number of amides is 1. The molecule has 20 heavy (non-hydrogen) atoms. The Bertz CT molecular complexity index is 533. The third-order valence-electron chi connectivity index (χ3n) is 3.81. The molecule has 106 valence electrons. The molecule has 2 aliphatic rings. The summed E-state index contributed by atoms with van der Waals surface area (Å²) < 4.78 is 0. The number of benzene rings is 1. The maximum absolute atomic E-state index is 11.0. The minimum Gasteiger partial charge on any atom is -0.335 e. The number of carbonyl (C=O) groups excluding carboxylic acids is 1. The highest BCUT2D eigenvalue weighted by Crippen LogP contribution is 2.41. The average Bonchev–Trinajstić information content (AvgIpc) is 3.02. The number of nitrogens with one attached hydrogen (secondary N) is 2. The number of hydrogen-bond acceptors (Lipinski definition) is 4. The molecule has 0 aromatic heterocycles. The van der Waals surface area contributed by atoms with Gasteiger partial charge in [0, 0.05) is 24.1 Å². The van der Waals surface area contributed by atoms with Gasteiger partial charge in [-0.3, -0.25) is 9.79 Å². The molecule has 3 rings (SSSR count). The van der Waals surface area contributed by atoms with Gasteiger partial charge in [0.05, 0.1) is 5.54 Å². The Morgan fingerprint density at radius 2 is 1.85 bits per heavy atom. The lowest BCUT2D eigenvalue weighted by molar-refractivity contribution is -0.114. The van der Waals surface area contributed by atoms with E-state index in [2.05, 4.69) is 10.6 Å². The van der Waals surface area contributed by atoms with Crippen molar-refractivity contribution in [2.45, 2.75) is 38.1 Å². The van der Waals surface area contributed by atoms with E-state index in [0.29, 0.717) is 0 Å². The summed E-state index contributed by atoms with van der Waals surface area (Å²) in [6.07, 6.45) is 5.07. The van der Waals surface area contributed by atoms with E-state index in [0.717, 1.165) is 22.3 Å². The van der Waals surface area contributed by atoms with Crippen LogP contribution < -0.4 is 10.6 Å². The molecule has 1 aromatic rings. The molecule has 1 aliphatic heterocycles. The Morgan fingerprint density at radius 3 is 2.50 bits per heavy atom. The fourth-order valence-electron chi connectivity index (χ4n) is 2.80. The number of carbonyl (C=O) groups is 1. The van der Waals surface area contributed by atoms with Gasteiger partial charge in [0.15, 0.2) is 5.17 Å². The van der Waals surface area contributed by atoms with Gasteiger partial charge in [-0.15, -0.1) is 0 Å². The van der Waals surface area contributed by atoms with Crippen LogP contribution in [0.2, 0.25) is 0 Å². The second-order valence-corrected chi connectivity index (χ2v) is 6.48. The molecule has 1 amide bonds. The molecule has 1 heterocycles. The smallest absolute Gasteiger partial charge is 0.221 e. The predicted molar refractivity (Wildman–Crippen MR) is 85.5 cm³/mol. The molecule has 1 saturated carbocycles. The maximum Gasteiger partial charge on any atom is 0.221 e. The van der Waals surface area contributed by atoms with E-state index in [9.17, 15) is 4.79 Å². The number of hydrogen-bond donors (Lipinski definition) is 2. The number of anilines is 2. The second kappa shape index (κ2) is 5.48. The second-order valence-electron chi connectivity index (χ2n) is 5.52. The Labute approximate surface area is 123 Å². The molecule has 0 atom stereocenters. The molecule has 5 heteroatoms. The third-order valence-corrected chi connectivity index (χ3v) is 4.96. The van der Waals surface area contributed by atoms with Gasteiger partial charge in [-0.25, -0.2) is 0 Å². The maximum atomic E-state index is 11.0. The van der Waals surface area contributed by atoms with Crippen LogP contribution in [0.15, 0.2) is 29.3 Å². The summed E-state index contributed by atoms with van der Waals surface area (Å²) in [6.45, 7) is 1.51. The zero-order valence-electron chi connectivity index (χ0n) is 11.6. The van der Waals surface area contributed by atoms with Crippen molar-refractivity contribution in [3.8, 4) is 0 Å². The minimum atomic E-state index is -0.0513. The zero-order valence-corrected chi connectivity index (χ0v) is 12.4. The number of thioether (sulfide) groups is 1. The molecule has 1 aliphatic carbocycles. The van der Waals surface area contributed by atoms with Crippen molar-refractivity contribution in [2.75, 3.05) is 16.4 Å². The van der Waals surface area contributed by atoms with Crippen LogP contribution in [0, 0.1) is 0 Å². The SMILES string of the molecule is CC(=O)Nc1ccc(NC2=NC3(CCCC3)CS2)cc1. The van der Waals surface area contributed by atoms with Crippen molar-refractivity contribution in [3.05, 3.63) is 24.3 Å². The molecule has 4 nitrogen and oxygen atoms in total. The van der Waals surface area contributed by atoms with Crippen LogP contribution in [0.1, 0.15) is 32.6 Å². The van der Waals surface area contributed by atoms with Crippen LogP contribution in [0.4, 0.5) is 11.4 Å². The van der Waals surface area contributed by atoms with E-state index in [4.69, 9.17) is 4.99 Å². The van der Waals surface area contributed by atoms with Gasteiger partial charge in [-0.1, -0.05) is 24.6 Å². The Kier molecular flexibility index (Phi) is 3.70. The summed E-state index contributed by atoms with van der Waals surface area (Å²) in [7, 11) is 0. The monoisotopic (exact) mass is 289 g/mol. The fraction of sp³-hybridized carbons (Fsp3) is 0.467. The van der Waals surface area contributed by atoms with Gasteiger partial charge < -0.3 is 10.6 Å². The van der Waals surface area contributed by atoms with Crippen LogP contribution in [0.5, 0.6) is 0 Å². The fourth-order valence-corrected chi connectivity index (χ4v) is 4.01. The van der Waals surface area contributed by atoms with E-state index in [1.54, 1.807) is 0 Å². The van der Waals surface area contributed by atoms with Crippen LogP contribution >= 0.6 is 11.8 Å². The lowest BCUT2D eigenvalue weighted by Gasteiger charge is -2.16. The third kappa shape index (κ3) is 2.98. The Morgan fingerprint density at radius 1 is 1.20 bits per heavy atom. The van der Waals surface area contributed by atoms with Crippen molar-refractivity contribution < 1.29 is 4.79 Å². The van der Waals surface area contributed by atoms with Crippen LogP contribution in [-0.4, -0.2) is 22.4 Å². The molecule has 0 bridgehead atoms. The minimum absolute atomic E-state index is 0.0513. The highest BCUT2D eigenvalue weighted by atomic mass is 32.2. The molecule has 0 saturated heterocycles. The van der Waals surface area contributed by atoms with Crippen molar-refractivity contribution >= 4 is 34.2 Å². The first-order chi connectivity index (χ1) is 9.65.